The van der Waals surface area contributed by atoms with E-state index in [0.717, 1.165) is 16.7 Å². The summed E-state index contributed by atoms with van der Waals surface area (Å²) in [4.78, 5) is 23.3. The number of benzene rings is 2. The van der Waals surface area contributed by atoms with Gasteiger partial charge in [-0.3, -0.25) is 9.59 Å². The lowest BCUT2D eigenvalue weighted by molar-refractivity contribution is -0.127. The SMILES string of the molecule is C[SH]1C[C@@H](O)[C@@H](O)[C@@H](O)[C@@H]1c1ccc(Cl)c(Cc2ccc(OCCCC(=O)NCC(C)(C)C(N)=O)cc2)c1. The Morgan fingerprint density at radius 1 is 1.13 bits per heavy atom. The molecule has 1 fully saturated rings. The Labute approximate surface area is 231 Å². The van der Waals surface area contributed by atoms with E-state index >= 15 is 0 Å². The number of primary amides is 1. The molecule has 210 valence electrons. The maximum absolute atomic E-state index is 12.0. The van der Waals surface area contributed by atoms with Gasteiger partial charge in [0.15, 0.2) is 0 Å². The van der Waals surface area contributed by atoms with Crippen LogP contribution in [0.3, 0.4) is 0 Å². The number of nitrogens with one attached hydrogen (secondary N) is 1. The third-order valence-corrected chi connectivity index (χ3v) is 9.83. The number of aliphatic hydroxyl groups excluding tert-OH is 3. The normalized spacial score (nSPS) is 24.6. The molecule has 3 rings (SSSR count). The predicted molar refractivity (Wildman–Crippen MR) is 152 cm³/mol. The number of thiol groups is 1. The van der Waals surface area contributed by atoms with Gasteiger partial charge < -0.3 is 31.1 Å². The number of carbonyl (C=O) groups excluding carboxylic acids is 2. The summed E-state index contributed by atoms with van der Waals surface area (Å²) in [5.74, 6) is 0.562. The van der Waals surface area contributed by atoms with Crippen LogP contribution < -0.4 is 15.8 Å². The van der Waals surface area contributed by atoms with Crippen molar-refractivity contribution in [1.82, 2.24) is 5.32 Å². The minimum absolute atomic E-state index is 0.153. The molecular formula is C28H39ClN2O6S. The Kier molecular flexibility index (Phi) is 10.5. The minimum Gasteiger partial charge on any atom is -0.494 e. The van der Waals surface area contributed by atoms with Crippen LogP contribution in [0.15, 0.2) is 42.5 Å². The van der Waals surface area contributed by atoms with Crippen LogP contribution in [0.1, 0.15) is 48.6 Å². The van der Waals surface area contributed by atoms with Gasteiger partial charge in [0, 0.05) is 29.0 Å². The number of hydrogen-bond acceptors (Lipinski definition) is 6. The maximum atomic E-state index is 12.0. The summed E-state index contributed by atoms with van der Waals surface area (Å²) in [6.45, 7) is 3.95. The Hall–Kier alpha value is -2.30. The van der Waals surface area contributed by atoms with Gasteiger partial charge in [-0.25, -0.2) is 10.9 Å². The number of rotatable bonds is 11. The van der Waals surface area contributed by atoms with Crippen LogP contribution in [0, 0.1) is 5.41 Å². The van der Waals surface area contributed by atoms with Gasteiger partial charge in [-0.2, -0.15) is 0 Å². The van der Waals surface area contributed by atoms with Gasteiger partial charge in [-0.15, -0.1) is 0 Å². The van der Waals surface area contributed by atoms with E-state index in [1.807, 2.05) is 48.7 Å². The van der Waals surface area contributed by atoms with Crippen LogP contribution in [0.4, 0.5) is 0 Å². The number of hydrogen-bond donors (Lipinski definition) is 6. The maximum Gasteiger partial charge on any atom is 0.224 e. The summed E-state index contributed by atoms with van der Waals surface area (Å²) in [7, 11) is -0.708. The van der Waals surface area contributed by atoms with E-state index in [0.29, 0.717) is 36.0 Å². The fraction of sp³-hybridized carbons (Fsp3) is 0.500. The van der Waals surface area contributed by atoms with Crippen LogP contribution in [0.2, 0.25) is 5.02 Å². The predicted octanol–water partition coefficient (Wildman–Crippen LogP) is 2.49. The monoisotopic (exact) mass is 566 g/mol. The lowest BCUT2D eigenvalue weighted by Gasteiger charge is -2.42. The topological polar surface area (TPSA) is 142 Å². The molecule has 2 aromatic carbocycles. The summed E-state index contributed by atoms with van der Waals surface area (Å²) in [6.07, 6.45) is 0.358. The van der Waals surface area contributed by atoms with E-state index in [2.05, 4.69) is 5.32 Å². The highest BCUT2D eigenvalue weighted by molar-refractivity contribution is 8.16. The first-order valence-electron chi connectivity index (χ1n) is 12.7. The Balaban J connectivity index is 1.52. The van der Waals surface area contributed by atoms with Crippen molar-refractivity contribution < 1.29 is 29.6 Å². The second-order valence-electron chi connectivity index (χ2n) is 10.6. The van der Waals surface area contributed by atoms with Crippen molar-refractivity contribution in [2.24, 2.45) is 11.1 Å². The molecule has 10 heteroatoms. The van der Waals surface area contributed by atoms with Crippen molar-refractivity contribution in [2.45, 2.75) is 56.7 Å². The van der Waals surface area contributed by atoms with Gasteiger partial charge in [-0.1, -0.05) is 35.9 Å². The standard InChI is InChI=1S/C28H39ClN2O6S/c1-28(2,27(30)36)16-31-23(33)5-4-12-37-20-9-6-17(7-10-20)13-19-14-18(8-11-21(19)29)26-25(35)24(34)22(32)15-38(26)3/h6-11,14,22,24-26,32,34-35,38H,4-5,12-13,15-16H2,1-3H3,(H2,30,36)(H,31,33)/t22-,24-,25-,26+/m1/s1. The molecule has 1 saturated heterocycles. The fourth-order valence-electron chi connectivity index (χ4n) is 4.40. The molecule has 1 heterocycles. The summed E-state index contributed by atoms with van der Waals surface area (Å²) in [5.41, 5.74) is 7.39. The van der Waals surface area contributed by atoms with Crippen molar-refractivity contribution in [3.8, 4) is 5.75 Å². The van der Waals surface area contributed by atoms with Crippen LogP contribution in [-0.4, -0.2) is 70.6 Å². The first kappa shape index (κ1) is 30.2. The van der Waals surface area contributed by atoms with Crippen LogP contribution in [0.25, 0.3) is 0 Å². The zero-order valence-corrected chi connectivity index (χ0v) is 23.7. The second kappa shape index (κ2) is 13.2. The first-order chi connectivity index (χ1) is 17.9. The van der Waals surface area contributed by atoms with Gasteiger partial charge in [0.2, 0.25) is 11.8 Å². The number of amides is 2. The van der Waals surface area contributed by atoms with E-state index in [1.165, 1.54) is 0 Å². The smallest absolute Gasteiger partial charge is 0.224 e. The van der Waals surface area contributed by atoms with Crippen LogP contribution >= 0.6 is 22.5 Å². The molecule has 1 unspecified atom stereocenters. The van der Waals surface area contributed by atoms with E-state index < -0.39 is 40.5 Å². The van der Waals surface area contributed by atoms with Crippen molar-refractivity contribution in [3.63, 3.8) is 0 Å². The van der Waals surface area contributed by atoms with Gasteiger partial charge in [0.1, 0.15) is 11.9 Å². The van der Waals surface area contributed by atoms with E-state index in [-0.39, 0.29) is 24.1 Å². The highest BCUT2D eigenvalue weighted by Crippen LogP contribution is 2.48. The average Bonchev–Trinajstić information content (AvgIpc) is 2.86. The molecule has 0 spiro atoms. The Morgan fingerprint density at radius 3 is 2.47 bits per heavy atom. The van der Waals surface area contributed by atoms with Crippen molar-refractivity contribution >= 4 is 34.3 Å². The van der Waals surface area contributed by atoms with Gasteiger partial charge in [-0.05, 0) is 67.8 Å². The molecule has 5 atom stereocenters. The van der Waals surface area contributed by atoms with Crippen molar-refractivity contribution in [3.05, 3.63) is 64.2 Å². The number of carbonyl (C=O) groups is 2. The van der Waals surface area contributed by atoms with Gasteiger partial charge in [0.05, 0.1) is 24.2 Å². The molecule has 6 N–H and O–H groups in total. The van der Waals surface area contributed by atoms with E-state index in [9.17, 15) is 24.9 Å². The molecule has 8 nitrogen and oxygen atoms in total. The summed E-state index contributed by atoms with van der Waals surface area (Å²) < 4.78 is 5.76. The quantitative estimate of drug-likeness (QED) is 0.182. The van der Waals surface area contributed by atoms with Crippen LogP contribution in [-0.2, 0) is 16.0 Å². The third kappa shape index (κ3) is 7.86. The molecule has 0 radical (unpaired) electrons. The zero-order valence-electron chi connectivity index (χ0n) is 22.1. The highest BCUT2D eigenvalue weighted by Gasteiger charge is 2.40. The highest BCUT2D eigenvalue weighted by atomic mass is 35.5. The number of aliphatic hydroxyl groups is 3. The van der Waals surface area contributed by atoms with Gasteiger partial charge in [0.25, 0.3) is 0 Å². The third-order valence-electron chi connectivity index (χ3n) is 6.96. The molecule has 2 aromatic rings. The number of ether oxygens (including phenoxy) is 1. The molecule has 0 aromatic heterocycles. The average molecular weight is 567 g/mol. The number of nitrogens with two attached hydrogens (primary N) is 1. The lowest BCUT2D eigenvalue weighted by Crippen LogP contribution is -2.47. The molecule has 0 saturated carbocycles. The fourth-order valence-corrected chi connectivity index (χ4v) is 6.98. The first-order valence-corrected chi connectivity index (χ1v) is 15.1. The van der Waals surface area contributed by atoms with E-state index in [4.69, 9.17) is 22.1 Å². The molecule has 38 heavy (non-hydrogen) atoms. The summed E-state index contributed by atoms with van der Waals surface area (Å²) in [5, 5.41) is 33.9. The lowest BCUT2D eigenvalue weighted by atomic mass is 9.93. The molecule has 1 aliphatic heterocycles. The minimum atomic E-state index is -1.16. The largest absolute Gasteiger partial charge is 0.494 e. The Bertz CT molecular complexity index is 1110. The second-order valence-corrected chi connectivity index (χ2v) is 13.4. The Morgan fingerprint density at radius 2 is 1.82 bits per heavy atom. The zero-order chi connectivity index (χ0) is 28.0. The van der Waals surface area contributed by atoms with Crippen molar-refractivity contribution in [2.75, 3.05) is 25.2 Å². The van der Waals surface area contributed by atoms with Crippen LogP contribution in [0.5, 0.6) is 5.75 Å². The molecule has 0 aliphatic carbocycles. The molecule has 0 bridgehead atoms. The number of halogens is 1. The molecule has 1 aliphatic rings. The van der Waals surface area contributed by atoms with Gasteiger partial charge >= 0.3 is 0 Å². The van der Waals surface area contributed by atoms with E-state index in [1.54, 1.807) is 13.8 Å². The summed E-state index contributed by atoms with van der Waals surface area (Å²) >= 11 is 6.49. The van der Waals surface area contributed by atoms with Crippen molar-refractivity contribution in [1.29, 1.82) is 0 Å². The molecule has 2 amide bonds. The molecular weight excluding hydrogens is 528 g/mol. The summed E-state index contributed by atoms with van der Waals surface area (Å²) in [6, 6.07) is 13.4.